The fraction of sp³-hybridized carbons (Fsp3) is 0.778. The summed E-state index contributed by atoms with van der Waals surface area (Å²) in [5.41, 5.74) is 0. The van der Waals surface area contributed by atoms with Crippen molar-refractivity contribution in [3.8, 4) is 0 Å². The first-order valence-electron chi connectivity index (χ1n) is 9.48. The van der Waals surface area contributed by atoms with E-state index in [9.17, 15) is 10.1 Å². The lowest BCUT2D eigenvalue weighted by Crippen LogP contribution is -2.31. The van der Waals surface area contributed by atoms with Gasteiger partial charge in [0, 0.05) is 23.3 Å². The Kier molecular flexibility index (Phi) is 4.50. The molecule has 0 aromatic carbocycles. The number of rotatable bonds is 10. The second-order valence-corrected chi connectivity index (χ2v) is 10.1. The van der Waals surface area contributed by atoms with E-state index in [1.54, 1.807) is 23.5 Å². The van der Waals surface area contributed by atoms with Crippen LogP contribution in [0.15, 0.2) is 16.5 Å². The minimum absolute atomic E-state index is 0.0552. The summed E-state index contributed by atoms with van der Waals surface area (Å²) in [4.78, 5) is 12.7. The highest BCUT2D eigenvalue weighted by Gasteiger charge is 2.68. The summed E-state index contributed by atoms with van der Waals surface area (Å²) in [7, 11) is 0. The standard InChI is InChI=1S/C18H25N3O3S2/c1-25-18-17(21(22)23)20(18)4-5-26-9-12-3-2-11(24-12)8-19-16-10-6-13-14(7-10)15(13)16/h2-3,10,13-19H,4-9H2,1H3. The van der Waals surface area contributed by atoms with E-state index in [-0.39, 0.29) is 10.3 Å². The van der Waals surface area contributed by atoms with Gasteiger partial charge in [-0.15, -0.1) is 11.8 Å². The molecular weight excluding hydrogens is 370 g/mol. The predicted molar refractivity (Wildman–Crippen MR) is 103 cm³/mol. The van der Waals surface area contributed by atoms with Crippen LogP contribution in [0.4, 0.5) is 0 Å². The van der Waals surface area contributed by atoms with Gasteiger partial charge < -0.3 is 9.73 Å². The van der Waals surface area contributed by atoms with Crippen molar-refractivity contribution < 1.29 is 9.34 Å². The maximum Gasteiger partial charge on any atom is 0.294 e. The van der Waals surface area contributed by atoms with Crippen molar-refractivity contribution in [1.29, 1.82) is 0 Å². The molecule has 0 amide bonds. The summed E-state index contributed by atoms with van der Waals surface area (Å²) >= 11 is 3.35. The number of nitrogens with zero attached hydrogens (tertiary/aromatic N) is 2. The lowest BCUT2D eigenvalue weighted by atomic mass is 10.1. The topological polar surface area (TPSA) is 71.3 Å². The van der Waals surface area contributed by atoms with E-state index in [1.165, 1.54) is 12.8 Å². The highest BCUT2D eigenvalue weighted by molar-refractivity contribution is 7.99. The van der Waals surface area contributed by atoms with Crippen LogP contribution in [0.2, 0.25) is 0 Å². The van der Waals surface area contributed by atoms with Gasteiger partial charge in [0.05, 0.1) is 12.3 Å². The molecule has 4 saturated carbocycles. The Morgan fingerprint density at radius 2 is 2.12 bits per heavy atom. The SMILES string of the molecule is CSC1C([N+](=O)[O-])N1CCSCc1ccc(CNC2C3CC4C(C3)C42)o1. The Hall–Kier alpha value is -0.700. The molecule has 8 heteroatoms. The van der Waals surface area contributed by atoms with Crippen LogP contribution in [0.1, 0.15) is 24.4 Å². The van der Waals surface area contributed by atoms with Crippen LogP contribution in [0, 0.1) is 33.8 Å². The van der Waals surface area contributed by atoms with Gasteiger partial charge in [-0.1, -0.05) is 0 Å². The number of hydrogen-bond donors (Lipinski definition) is 1. The van der Waals surface area contributed by atoms with Crippen LogP contribution in [0.3, 0.4) is 0 Å². The molecule has 6 rings (SSSR count). The zero-order valence-corrected chi connectivity index (χ0v) is 16.5. The third-order valence-electron chi connectivity index (χ3n) is 6.73. The summed E-state index contributed by atoms with van der Waals surface area (Å²) in [5.74, 6) is 7.74. The second kappa shape index (κ2) is 6.72. The molecule has 2 heterocycles. The highest BCUT2D eigenvalue weighted by atomic mass is 32.2. The van der Waals surface area contributed by atoms with Gasteiger partial charge >= 0.3 is 0 Å². The van der Waals surface area contributed by atoms with Gasteiger partial charge in [-0.05, 0) is 54.9 Å². The first-order valence-corrected chi connectivity index (χ1v) is 11.9. The monoisotopic (exact) mass is 395 g/mol. The van der Waals surface area contributed by atoms with E-state index in [0.29, 0.717) is 0 Å². The molecule has 6 unspecified atom stereocenters. The molecule has 1 aliphatic heterocycles. The summed E-state index contributed by atoms with van der Waals surface area (Å²) in [6, 6.07) is 4.89. The first-order chi connectivity index (χ1) is 12.7. The lowest BCUT2D eigenvalue weighted by molar-refractivity contribution is -0.505. The number of hydrogen-bond acceptors (Lipinski definition) is 7. The van der Waals surface area contributed by atoms with Gasteiger partial charge in [0.25, 0.3) is 6.17 Å². The molecule has 6 nitrogen and oxygen atoms in total. The first kappa shape index (κ1) is 17.4. The molecule has 1 aromatic heterocycles. The summed E-state index contributed by atoms with van der Waals surface area (Å²) < 4.78 is 5.96. The van der Waals surface area contributed by atoms with Gasteiger partial charge in [0.15, 0.2) is 0 Å². The van der Waals surface area contributed by atoms with Crippen molar-refractivity contribution in [3.63, 3.8) is 0 Å². The Morgan fingerprint density at radius 3 is 2.73 bits per heavy atom. The molecule has 6 atom stereocenters. The highest BCUT2D eigenvalue weighted by Crippen LogP contribution is 2.70. The Bertz CT molecular complexity index is 685. The van der Waals surface area contributed by atoms with Crippen LogP contribution in [0.5, 0.6) is 0 Å². The number of thioether (sulfide) groups is 2. The van der Waals surface area contributed by atoms with Gasteiger partial charge in [-0.3, -0.25) is 10.1 Å². The quantitative estimate of drug-likeness (QED) is 0.283. The van der Waals surface area contributed by atoms with E-state index in [1.807, 2.05) is 11.2 Å². The third-order valence-corrected chi connectivity index (χ3v) is 8.68. The molecule has 1 saturated heterocycles. The summed E-state index contributed by atoms with van der Waals surface area (Å²) in [6.07, 6.45) is 4.36. The molecule has 1 aromatic rings. The Morgan fingerprint density at radius 1 is 1.35 bits per heavy atom. The molecule has 4 aliphatic carbocycles. The van der Waals surface area contributed by atoms with Crippen molar-refractivity contribution in [3.05, 3.63) is 33.8 Å². The van der Waals surface area contributed by atoms with Crippen molar-refractivity contribution in [2.45, 2.75) is 42.7 Å². The molecule has 142 valence electrons. The van der Waals surface area contributed by atoms with Crippen molar-refractivity contribution in [2.75, 3.05) is 18.6 Å². The fourth-order valence-electron chi connectivity index (χ4n) is 5.51. The van der Waals surface area contributed by atoms with E-state index >= 15 is 0 Å². The van der Waals surface area contributed by atoms with Crippen molar-refractivity contribution in [2.24, 2.45) is 23.7 Å². The lowest BCUT2D eigenvalue weighted by Gasteiger charge is -2.15. The number of nitro groups is 1. The predicted octanol–water partition coefficient (Wildman–Crippen LogP) is 2.86. The maximum atomic E-state index is 10.9. The second-order valence-electron chi connectivity index (χ2n) is 8.03. The summed E-state index contributed by atoms with van der Waals surface area (Å²) in [5, 5.41) is 14.7. The molecule has 1 N–H and O–H groups in total. The average molecular weight is 396 g/mol. The van der Waals surface area contributed by atoms with E-state index in [2.05, 4.69) is 17.4 Å². The summed E-state index contributed by atoms with van der Waals surface area (Å²) in [6.45, 7) is 1.61. The van der Waals surface area contributed by atoms with E-state index < -0.39 is 6.17 Å². The Balaban J connectivity index is 1.02. The van der Waals surface area contributed by atoms with Gasteiger partial charge in [-0.2, -0.15) is 11.8 Å². The largest absolute Gasteiger partial charge is 0.464 e. The molecule has 5 fully saturated rings. The van der Waals surface area contributed by atoms with Crippen molar-refractivity contribution >= 4 is 23.5 Å². The average Bonchev–Trinajstić information content (AvgIpc) is 3.14. The zero-order chi connectivity index (χ0) is 17.8. The molecule has 4 bridgehead atoms. The fourth-order valence-corrected chi connectivity index (χ4v) is 7.28. The molecule has 26 heavy (non-hydrogen) atoms. The smallest absolute Gasteiger partial charge is 0.294 e. The molecular formula is C18H25N3O3S2. The zero-order valence-electron chi connectivity index (χ0n) is 14.9. The van der Waals surface area contributed by atoms with Crippen LogP contribution in [0.25, 0.3) is 0 Å². The Labute approximate surface area is 162 Å². The van der Waals surface area contributed by atoms with Gasteiger partial charge in [0.1, 0.15) is 16.9 Å². The van der Waals surface area contributed by atoms with Crippen LogP contribution in [-0.4, -0.2) is 46.0 Å². The molecule has 0 spiro atoms. The molecule has 5 aliphatic rings. The molecule has 0 radical (unpaired) electrons. The van der Waals surface area contributed by atoms with Crippen LogP contribution < -0.4 is 5.32 Å². The normalized spacial score (nSPS) is 41.6. The number of furan rings is 1. The van der Waals surface area contributed by atoms with E-state index in [4.69, 9.17) is 4.42 Å². The third kappa shape index (κ3) is 2.99. The minimum atomic E-state index is -0.486. The number of nitrogens with one attached hydrogen (secondary N) is 1. The van der Waals surface area contributed by atoms with Crippen LogP contribution in [-0.2, 0) is 12.3 Å². The van der Waals surface area contributed by atoms with Gasteiger partial charge in [0.2, 0.25) is 0 Å². The van der Waals surface area contributed by atoms with Crippen LogP contribution >= 0.6 is 23.5 Å². The van der Waals surface area contributed by atoms with E-state index in [0.717, 1.165) is 65.8 Å². The maximum absolute atomic E-state index is 10.9. The van der Waals surface area contributed by atoms with Gasteiger partial charge in [-0.25, -0.2) is 4.90 Å². The minimum Gasteiger partial charge on any atom is -0.464 e. The van der Waals surface area contributed by atoms with Crippen molar-refractivity contribution in [1.82, 2.24) is 10.2 Å².